The summed E-state index contributed by atoms with van der Waals surface area (Å²) < 4.78 is 2.41. The number of primary amides is 1. The zero-order valence-corrected chi connectivity index (χ0v) is 11.0. The molecule has 2 aromatic rings. The molecule has 0 aliphatic heterocycles. The SMILES string of the molecule is Cn1ncc(NC(=O)Cn2ccc(C(=O)O)n2)c1C(N)=O. The van der Waals surface area contributed by atoms with E-state index in [0.29, 0.717) is 0 Å². The number of hydrogen-bond donors (Lipinski definition) is 3. The molecule has 0 aliphatic carbocycles. The number of aryl methyl sites for hydroxylation is 1. The molecule has 0 aliphatic rings. The van der Waals surface area contributed by atoms with Crippen LogP contribution in [0.15, 0.2) is 18.5 Å². The maximum Gasteiger partial charge on any atom is 0.356 e. The van der Waals surface area contributed by atoms with Crippen molar-refractivity contribution in [3.8, 4) is 0 Å². The lowest BCUT2D eigenvalue weighted by Crippen LogP contribution is -2.23. The molecule has 2 heterocycles. The lowest BCUT2D eigenvalue weighted by atomic mass is 10.3. The van der Waals surface area contributed by atoms with Crippen molar-refractivity contribution < 1.29 is 19.5 Å². The van der Waals surface area contributed by atoms with Gasteiger partial charge < -0.3 is 16.2 Å². The molecule has 2 amide bonds. The molecule has 10 nitrogen and oxygen atoms in total. The van der Waals surface area contributed by atoms with Crippen molar-refractivity contribution in [2.45, 2.75) is 6.54 Å². The molecular formula is C11H12N6O4. The van der Waals surface area contributed by atoms with Gasteiger partial charge in [0.1, 0.15) is 12.2 Å². The smallest absolute Gasteiger partial charge is 0.356 e. The van der Waals surface area contributed by atoms with Crippen molar-refractivity contribution in [1.29, 1.82) is 0 Å². The fourth-order valence-corrected chi connectivity index (χ4v) is 1.72. The number of rotatable bonds is 5. The summed E-state index contributed by atoms with van der Waals surface area (Å²) in [5.41, 5.74) is 5.27. The van der Waals surface area contributed by atoms with Crippen LogP contribution < -0.4 is 11.1 Å². The van der Waals surface area contributed by atoms with Crippen LogP contribution in [0.1, 0.15) is 21.0 Å². The van der Waals surface area contributed by atoms with Gasteiger partial charge in [0, 0.05) is 13.2 Å². The molecule has 0 radical (unpaired) electrons. The highest BCUT2D eigenvalue weighted by molar-refractivity contribution is 6.01. The number of nitrogens with two attached hydrogens (primary N) is 1. The molecule has 0 unspecified atom stereocenters. The first-order valence-corrected chi connectivity index (χ1v) is 5.77. The maximum absolute atomic E-state index is 11.8. The lowest BCUT2D eigenvalue weighted by Gasteiger charge is -2.05. The lowest BCUT2D eigenvalue weighted by molar-refractivity contribution is -0.116. The molecule has 0 saturated carbocycles. The van der Waals surface area contributed by atoms with Gasteiger partial charge in [-0.15, -0.1) is 0 Å². The molecular weight excluding hydrogens is 280 g/mol. The maximum atomic E-state index is 11.8. The average Bonchev–Trinajstić information content (AvgIpc) is 2.96. The summed E-state index contributed by atoms with van der Waals surface area (Å²) in [6.07, 6.45) is 2.66. The van der Waals surface area contributed by atoms with Gasteiger partial charge in [-0.3, -0.25) is 19.0 Å². The van der Waals surface area contributed by atoms with Crippen molar-refractivity contribution in [2.24, 2.45) is 12.8 Å². The van der Waals surface area contributed by atoms with Crippen molar-refractivity contribution >= 4 is 23.5 Å². The third-order valence-corrected chi connectivity index (χ3v) is 2.61. The molecule has 0 aromatic carbocycles. The number of amides is 2. The molecule has 110 valence electrons. The Morgan fingerprint density at radius 3 is 2.71 bits per heavy atom. The number of carboxylic acids is 1. The van der Waals surface area contributed by atoms with Crippen LogP contribution >= 0.6 is 0 Å². The minimum atomic E-state index is -1.18. The first-order valence-electron chi connectivity index (χ1n) is 5.77. The summed E-state index contributed by atoms with van der Waals surface area (Å²) in [5.74, 6) is -2.40. The van der Waals surface area contributed by atoms with Crippen LogP contribution in [0.5, 0.6) is 0 Å². The summed E-state index contributed by atoms with van der Waals surface area (Å²) in [7, 11) is 1.52. The molecule has 2 rings (SSSR count). The molecule has 21 heavy (non-hydrogen) atoms. The van der Waals surface area contributed by atoms with Crippen molar-refractivity contribution in [1.82, 2.24) is 19.6 Å². The van der Waals surface area contributed by atoms with Gasteiger partial charge >= 0.3 is 5.97 Å². The van der Waals surface area contributed by atoms with E-state index in [2.05, 4.69) is 15.5 Å². The Labute approximate surface area is 118 Å². The molecule has 10 heteroatoms. The van der Waals surface area contributed by atoms with Crippen LogP contribution in [-0.4, -0.2) is 42.5 Å². The summed E-state index contributed by atoms with van der Waals surface area (Å²) in [6.45, 7) is -0.208. The second kappa shape index (κ2) is 5.45. The zero-order chi connectivity index (χ0) is 15.6. The van der Waals surface area contributed by atoms with Crippen LogP contribution in [0.3, 0.4) is 0 Å². The number of aromatic nitrogens is 4. The second-order valence-electron chi connectivity index (χ2n) is 4.15. The second-order valence-corrected chi connectivity index (χ2v) is 4.15. The monoisotopic (exact) mass is 292 g/mol. The first-order chi connectivity index (χ1) is 9.88. The van der Waals surface area contributed by atoms with Crippen molar-refractivity contribution in [3.05, 3.63) is 29.8 Å². The fourth-order valence-electron chi connectivity index (χ4n) is 1.72. The van der Waals surface area contributed by atoms with Gasteiger partial charge in [-0.05, 0) is 6.07 Å². The third kappa shape index (κ3) is 3.05. The standard InChI is InChI=1S/C11H12N6O4/c1-16-9(10(12)19)7(4-13-16)14-8(18)5-17-3-2-6(15-17)11(20)21/h2-4H,5H2,1H3,(H2,12,19)(H,14,18)(H,20,21). The number of anilines is 1. The zero-order valence-electron chi connectivity index (χ0n) is 11.0. The number of hydrogen-bond acceptors (Lipinski definition) is 5. The number of aromatic carboxylic acids is 1. The number of nitrogens with zero attached hydrogens (tertiary/aromatic N) is 4. The minimum absolute atomic E-state index is 0.0649. The number of carbonyl (C=O) groups excluding carboxylic acids is 2. The van der Waals surface area contributed by atoms with Gasteiger partial charge in [-0.1, -0.05) is 0 Å². The predicted molar refractivity (Wildman–Crippen MR) is 69.5 cm³/mol. The molecule has 2 aromatic heterocycles. The Kier molecular flexibility index (Phi) is 3.69. The van der Waals surface area contributed by atoms with E-state index >= 15 is 0 Å². The van der Waals surface area contributed by atoms with Crippen LogP contribution in [0, 0.1) is 0 Å². The largest absolute Gasteiger partial charge is 0.476 e. The normalized spacial score (nSPS) is 10.3. The van der Waals surface area contributed by atoms with Gasteiger partial charge in [-0.2, -0.15) is 10.2 Å². The highest BCUT2D eigenvalue weighted by Gasteiger charge is 2.16. The van der Waals surface area contributed by atoms with E-state index in [0.717, 1.165) is 0 Å². The number of carbonyl (C=O) groups is 3. The van der Waals surface area contributed by atoms with Gasteiger partial charge in [-0.25, -0.2) is 4.79 Å². The summed E-state index contributed by atoms with van der Waals surface area (Å²) in [5, 5.41) is 18.7. The molecule has 0 spiro atoms. The quantitative estimate of drug-likeness (QED) is 0.648. The summed E-state index contributed by atoms with van der Waals surface area (Å²) in [6, 6.07) is 1.27. The van der Waals surface area contributed by atoms with E-state index in [9.17, 15) is 14.4 Å². The molecule has 0 saturated heterocycles. The highest BCUT2D eigenvalue weighted by Crippen LogP contribution is 2.13. The Bertz CT molecular complexity index is 716. The topological polar surface area (TPSA) is 145 Å². The van der Waals surface area contributed by atoms with E-state index in [1.807, 2.05) is 0 Å². The Morgan fingerprint density at radius 1 is 1.43 bits per heavy atom. The predicted octanol–water partition coefficient (Wildman–Crippen LogP) is -0.948. The summed E-state index contributed by atoms with van der Waals surface area (Å²) in [4.78, 5) is 33.8. The van der Waals surface area contributed by atoms with E-state index in [-0.39, 0.29) is 23.6 Å². The van der Waals surface area contributed by atoms with Crippen LogP contribution in [0.4, 0.5) is 5.69 Å². The van der Waals surface area contributed by atoms with Gasteiger partial charge in [0.2, 0.25) is 5.91 Å². The third-order valence-electron chi connectivity index (χ3n) is 2.61. The van der Waals surface area contributed by atoms with Gasteiger partial charge in [0.25, 0.3) is 5.91 Å². The fraction of sp³-hybridized carbons (Fsp3) is 0.182. The molecule has 0 bridgehead atoms. The highest BCUT2D eigenvalue weighted by atomic mass is 16.4. The minimum Gasteiger partial charge on any atom is -0.476 e. The molecule has 4 N–H and O–H groups in total. The van der Waals surface area contributed by atoms with Crippen molar-refractivity contribution in [2.75, 3.05) is 5.32 Å². The van der Waals surface area contributed by atoms with Gasteiger partial charge in [0.05, 0.1) is 11.9 Å². The Hall–Kier alpha value is -3.17. The van der Waals surface area contributed by atoms with Crippen LogP contribution in [0.2, 0.25) is 0 Å². The Balaban J connectivity index is 2.08. The molecule has 0 atom stereocenters. The number of carboxylic acid groups (broad SMARTS) is 1. The Morgan fingerprint density at radius 2 is 2.14 bits per heavy atom. The summed E-state index contributed by atoms with van der Waals surface area (Å²) >= 11 is 0. The average molecular weight is 292 g/mol. The van der Waals surface area contributed by atoms with Gasteiger partial charge in [0.15, 0.2) is 5.69 Å². The first kappa shape index (κ1) is 14.2. The van der Waals surface area contributed by atoms with E-state index in [1.54, 1.807) is 0 Å². The van der Waals surface area contributed by atoms with Crippen molar-refractivity contribution in [3.63, 3.8) is 0 Å². The van der Waals surface area contributed by atoms with E-state index in [1.165, 1.54) is 34.9 Å². The van der Waals surface area contributed by atoms with E-state index in [4.69, 9.17) is 10.8 Å². The molecule has 0 fully saturated rings. The van der Waals surface area contributed by atoms with Crippen LogP contribution in [-0.2, 0) is 18.4 Å². The number of nitrogens with one attached hydrogen (secondary N) is 1. The van der Waals surface area contributed by atoms with E-state index < -0.39 is 17.8 Å². The van der Waals surface area contributed by atoms with Crippen LogP contribution in [0.25, 0.3) is 0 Å².